The minimum absolute atomic E-state index is 0. The maximum atomic E-state index is 13.8. The van der Waals surface area contributed by atoms with Crippen molar-refractivity contribution in [2.75, 3.05) is 25.0 Å². The number of halogens is 2. The fraction of sp³-hybridized carbons (Fsp3) is 0.559. The maximum absolute atomic E-state index is 13.8. The highest BCUT2D eigenvalue weighted by Crippen LogP contribution is 2.36. The first kappa shape index (κ1) is 34.4. The van der Waals surface area contributed by atoms with Crippen molar-refractivity contribution in [2.45, 2.75) is 95.4 Å². The SMILES string of the molecule is CCCCN1C(=O)[C@@H]([C@H](O)C2CCCCC2)NC(=O)C12CCN(Cc1ccc(NC(=O)Cc3ccc(Br)cc3)cc1)CC2.Cl. The summed E-state index contributed by atoms with van der Waals surface area (Å²) in [5.41, 5.74) is 1.99. The molecule has 2 aliphatic heterocycles. The molecule has 5 rings (SSSR count). The molecule has 240 valence electrons. The van der Waals surface area contributed by atoms with Gasteiger partial charge in [0.2, 0.25) is 17.7 Å². The summed E-state index contributed by atoms with van der Waals surface area (Å²) in [5, 5.41) is 17.1. The van der Waals surface area contributed by atoms with Crippen molar-refractivity contribution in [1.82, 2.24) is 15.1 Å². The number of benzene rings is 2. The predicted octanol–water partition coefficient (Wildman–Crippen LogP) is 5.46. The Balaban J connectivity index is 0.00000442. The van der Waals surface area contributed by atoms with Crippen molar-refractivity contribution in [3.63, 3.8) is 0 Å². The lowest BCUT2D eigenvalue weighted by molar-refractivity contribution is -0.166. The van der Waals surface area contributed by atoms with E-state index in [9.17, 15) is 19.5 Å². The van der Waals surface area contributed by atoms with E-state index < -0.39 is 17.7 Å². The highest BCUT2D eigenvalue weighted by atomic mass is 79.9. The van der Waals surface area contributed by atoms with E-state index in [1.54, 1.807) is 0 Å². The second kappa shape index (κ2) is 15.7. The summed E-state index contributed by atoms with van der Waals surface area (Å²) >= 11 is 3.42. The normalized spacial score (nSPS) is 21.4. The molecule has 0 aromatic heterocycles. The van der Waals surface area contributed by atoms with Gasteiger partial charge in [-0.3, -0.25) is 19.3 Å². The smallest absolute Gasteiger partial charge is 0.248 e. The number of nitrogens with one attached hydrogen (secondary N) is 2. The van der Waals surface area contributed by atoms with E-state index in [1.165, 1.54) is 6.42 Å². The molecule has 2 atom stereocenters. The molecule has 3 amide bonds. The van der Waals surface area contributed by atoms with E-state index >= 15 is 0 Å². The van der Waals surface area contributed by atoms with Crippen LogP contribution < -0.4 is 10.6 Å². The van der Waals surface area contributed by atoms with Gasteiger partial charge in [-0.05, 0) is 73.4 Å². The van der Waals surface area contributed by atoms with Gasteiger partial charge in [0.25, 0.3) is 0 Å². The van der Waals surface area contributed by atoms with Gasteiger partial charge in [-0.15, -0.1) is 12.4 Å². The average molecular weight is 690 g/mol. The number of aliphatic hydroxyl groups is 1. The fourth-order valence-corrected chi connectivity index (χ4v) is 7.25. The molecule has 1 saturated carbocycles. The molecule has 2 saturated heterocycles. The Hall–Kier alpha value is -2.46. The number of carbonyl (C=O) groups is 3. The van der Waals surface area contributed by atoms with Crippen LogP contribution in [0.4, 0.5) is 5.69 Å². The van der Waals surface area contributed by atoms with Crippen LogP contribution in [0.3, 0.4) is 0 Å². The Kier molecular flexibility index (Phi) is 12.3. The molecule has 10 heteroatoms. The summed E-state index contributed by atoms with van der Waals surface area (Å²) in [5.74, 6) is -0.209. The molecule has 3 fully saturated rings. The first-order valence-electron chi connectivity index (χ1n) is 15.9. The number of nitrogens with zero attached hydrogens (tertiary/aromatic N) is 2. The van der Waals surface area contributed by atoms with Gasteiger partial charge in [0.05, 0.1) is 12.5 Å². The summed E-state index contributed by atoms with van der Waals surface area (Å²) in [6, 6.07) is 14.8. The molecule has 0 bridgehead atoms. The Bertz CT molecular complexity index is 1260. The van der Waals surface area contributed by atoms with Crippen LogP contribution in [0.25, 0.3) is 0 Å². The van der Waals surface area contributed by atoms with Crippen LogP contribution in [-0.4, -0.2) is 69.9 Å². The second-order valence-corrected chi connectivity index (χ2v) is 13.5. The van der Waals surface area contributed by atoms with Crippen LogP contribution in [-0.2, 0) is 27.3 Å². The highest BCUT2D eigenvalue weighted by Gasteiger charge is 2.55. The summed E-state index contributed by atoms with van der Waals surface area (Å²) in [6.45, 7) is 4.77. The molecule has 3 aliphatic rings. The van der Waals surface area contributed by atoms with Crippen LogP contribution in [0.15, 0.2) is 53.0 Å². The molecule has 2 aromatic rings. The largest absolute Gasteiger partial charge is 0.390 e. The third kappa shape index (κ3) is 8.03. The molecule has 0 unspecified atom stereocenters. The van der Waals surface area contributed by atoms with Crippen LogP contribution >= 0.6 is 28.3 Å². The minimum atomic E-state index is -0.853. The predicted molar refractivity (Wildman–Crippen MR) is 179 cm³/mol. The summed E-state index contributed by atoms with van der Waals surface area (Å²) in [4.78, 5) is 44.2. The van der Waals surface area contributed by atoms with Gasteiger partial charge in [0, 0.05) is 36.3 Å². The van der Waals surface area contributed by atoms with Crippen LogP contribution in [0.5, 0.6) is 0 Å². The van der Waals surface area contributed by atoms with E-state index in [0.717, 1.165) is 66.4 Å². The van der Waals surface area contributed by atoms with Crippen molar-refractivity contribution in [3.8, 4) is 0 Å². The summed E-state index contributed by atoms with van der Waals surface area (Å²) < 4.78 is 0.985. The van der Waals surface area contributed by atoms with E-state index in [4.69, 9.17) is 0 Å². The number of amides is 3. The lowest BCUT2D eigenvalue weighted by Crippen LogP contribution is -2.75. The van der Waals surface area contributed by atoms with Gasteiger partial charge in [-0.2, -0.15) is 0 Å². The zero-order chi connectivity index (χ0) is 30.4. The maximum Gasteiger partial charge on any atom is 0.248 e. The lowest BCUT2D eigenvalue weighted by Gasteiger charge is -2.52. The van der Waals surface area contributed by atoms with Crippen molar-refractivity contribution < 1.29 is 19.5 Å². The Morgan fingerprint density at radius 2 is 1.66 bits per heavy atom. The third-order valence-electron chi connectivity index (χ3n) is 9.57. The third-order valence-corrected chi connectivity index (χ3v) is 10.1. The Morgan fingerprint density at radius 1 is 1.02 bits per heavy atom. The van der Waals surface area contributed by atoms with Crippen molar-refractivity contribution in [1.29, 1.82) is 0 Å². The Labute approximate surface area is 275 Å². The molecule has 1 spiro atoms. The van der Waals surface area contributed by atoms with Crippen molar-refractivity contribution in [3.05, 3.63) is 64.1 Å². The number of piperidine rings is 1. The quantitative estimate of drug-likeness (QED) is 0.308. The summed E-state index contributed by atoms with van der Waals surface area (Å²) in [7, 11) is 0. The molecular weight excluding hydrogens is 644 g/mol. The number of rotatable bonds is 10. The van der Waals surface area contributed by atoms with Crippen molar-refractivity contribution >= 4 is 51.7 Å². The molecule has 0 radical (unpaired) electrons. The number of hydrogen-bond acceptors (Lipinski definition) is 5. The Morgan fingerprint density at radius 3 is 2.30 bits per heavy atom. The number of hydrogen-bond donors (Lipinski definition) is 3. The van der Waals surface area contributed by atoms with Gasteiger partial charge in [0.15, 0.2) is 0 Å². The number of likely N-dealkylation sites (tertiary alicyclic amines) is 1. The topological polar surface area (TPSA) is 102 Å². The van der Waals surface area contributed by atoms with Crippen LogP contribution in [0.1, 0.15) is 75.8 Å². The number of piperazine rings is 1. The van der Waals surface area contributed by atoms with E-state index in [2.05, 4.69) is 38.4 Å². The zero-order valence-electron chi connectivity index (χ0n) is 25.6. The molecule has 1 aliphatic carbocycles. The first-order chi connectivity index (χ1) is 20.8. The number of unbranched alkanes of at least 4 members (excludes halogenated alkanes) is 1. The molecule has 2 heterocycles. The monoisotopic (exact) mass is 688 g/mol. The van der Waals surface area contributed by atoms with Gasteiger partial charge < -0.3 is 20.6 Å². The van der Waals surface area contributed by atoms with Gasteiger partial charge in [-0.25, -0.2) is 0 Å². The lowest BCUT2D eigenvalue weighted by atomic mass is 9.78. The zero-order valence-corrected chi connectivity index (χ0v) is 28.0. The van der Waals surface area contributed by atoms with E-state index in [0.29, 0.717) is 38.9 Å². The standard InChI is InChI=1S/C34H45BrN4O4.ClH/c1-2-3-19-39-32(42)30(31(41)26-7-5-4-6-8-26)37-33(43)34(39)17-20-38(21-18-34)23-25-11-15-28(16-12-25)36-29(40)22-24-9-13-27(35)14-10-24;/h9-16,26,30-31,41H,2-8,17-23H2,1H3,(H,36,40)(H,37,43);1H/t30-,31-;/m1./s1. The molecule has 44 heavy (non-hydrogen) atoms. The van der Waals surface area contributed by atoms with Gasteiger partial charge >= 0.3 is 0 Å². The van der Waals surface area contributed by atoms with Crippen molar-refractivity contribution in [2.24, 2.45) is 5.92 Å². The van der Waals surface area contributed by atoms with E-state index in [-0.39, 0.29) is 36.0 Å². The van der Waals surface area contributed by atoms with Crippen LogP contribution in [0, 0.1) is 5.92 Å². The highest BCUT2D eigenvalue weighted by molar-refractivity contribution is 9.10. The molecule has 8 nitrogen and oxygen atoms in total. The average Bonchev–Trinajstić information content (AvgIpc) is 3.02. The molecule has 3 N–H and O–H groups in total. The van der Waals surface area contributed by atoms with Crippen LogP contribution in [0.2, 0.25) is 0 Å². The van der Waals surface area contributed by atoms with Gasteiger partial charge in [0.1, 0.15) is 11.6 Å². The fourth-order valence-electron chi connectivity index (χ4n) is 6.98. The first-order valence-corrected chi connectivity index (χ1v) is 16.7. The summed E-state index contributed by atoms with van der Waals surface area (Å²) in [6.07, 6.45) is 7.54. The number of anilines is 1. The second-order valence-electron chi connectivity index (χ2n) is 12.5. The van der Waals surface area contributed by atoms with E-state index in [1.807, 2.05) is 53.4 Å². The number of aliphatic hydroxyl groups excluding tert-OH is 1. The molecular formula is C34H46BrClN4O4. The van der Waals surface area contributed by atoms with Gasteiger partial charge in [-0.1, -0.05) is 72.8 Å². The minimum Gasteiger partial charge on any atom is -0.390 e. The number of carbonyl (C=O) groups excluding carboxylic acids is 3. The molecule has 2 aromatic carbocycles.